The summed E-state index contributed by atoms with van der Waals surface area (Å²) >= 11 is 11.9. The molecule has 136 valence electrons. The molecule has 0 aromatic heterocycles. The van der Waals surface area contributed by atoms with E-state index in [1.165, 1.54) is 0 Å². The minimum Gasteiger partial charge on any atom is -0.489 e. The van der Waals surface area contributed by atoms with Crippen LogP contribution in [0.2, 0.25) is 10.0 Å². The Morgan fingerprint density at radius 1 is 0.926 bits per heavy atom. The summed E-state index contributed by atoms with van der Waals surface area (Å²) < 4.78 is 5.74. The maximum absolute atomic E-state index is 11.6. The first-order valence-electron chi connectivity index (χ1n) is 8.20. The highest BCUT2D eigenvalue weighted by Gasteiger charge is 2.10. The molecule has 0 amide bonds. The van der Waals surface area contributed by atoms with E-state index in [4.69, 9.17) is 27.9 Å². The Morgan fingerprint density at radius 2 is 1.63 bits per heavy atom. The van der Waals surface area contributed by atoms with Crippen molar-refractivity contribution in [3.05, 3.63) is 99.5 Å². The monoisotopic (exact) mass is 398 g/mol. The van der Waals surface area contributed by atoms with Crippen LogP contribution in [-0.2, 0) is 11.4 Å². The Morgan fingerprint density at radius 3 is 2.26 bits per heavy atom. The van der Waals surface area contributed by atoms with Gasteiger partial charge < -0.3 is 9.84 Å². The zero-order valence-corrected chi connectivity index (χ0v) is 15.7. The Balaban J connectivity index is 1.72. The Hall–Kier alpha value is -2.75. The second kappa shape index (κ2) is 8.76. The molecule has 0 heterocycles. The van der Waals surface area contributed by atoms with Crippen LogP contribution in [0.1, 0.15) is 16.7 Å². The highest BCUT2D eigenvalue weighted by molar-refractivity contribution is 6.42. The lowest BCUT2D eigenvalue weighted by molar-refractivity contribution is -0.130. The van der Waals surface area contributed by atoms with Gasteiger partial charge in [0.05, 0.1) is 15.6 Å². The number of ether oxygens (including phenoxy) is 1. The summed E-state index contributed by atoms with van der Waals surface area (Å²) in [6.07, 6.45) is 1.64. The van der Waals surface area contributed by atoms with E-state index in [0.29, 0.717) is 28.0 Å². The third kappa shape index (κ3) is 5.13. The quantitative estimate of drug-likeness (QED) is 0.397. The van der Waals surface area contributed by atoms with Crippen molar-refractivity contribution in [1.82, 2.24) is 0 Å². The van der Waals surface area contributed by atoms with Gasteiger partial charge >= 0.3 is 5.97 Å². The van der Waals surface area contributed by atoms with Gasteiger partial charge in [-0.3, -0.25) is 0 Å². The highest BCUT2D eigenvalue weighted by Crippen LogP contribution is 2.24. The van der Waals surface area contributed by atoms with Crippen LogP contribution in [0, 0.1) is 0 Å². The van der Waals surface area contributed by atoms with E-state index in [2.05, 4.69) is 0 Å². The van der Waals surface area contributed by atoms with Gasteiger partial charge in [0.25, 0.3) is 0 Å². The number of carboxylic acid groups (broad SMARTS) is 1. The number of halogens is 2. The van der Waals surface area contributed by atoms with Crippen LogP contribution in [-0.4, -0.2) is 11.1 Å². The Kier molecular flexibility index (Phi) is 6.17. The third-order valence-corrected chi connectivity index (χ3v) is 4.63. The second-order valence-corrected chi connectivity index (χ2v) is 6.65. The van der Waals surface area contributed by atoms with Gasteiger partial charge in [0, 0.05) is 0 Å². The SMILES string of the molecule is O=C(O)C(=Cc1ccc(OCc2ccc(Cl)c(Cl)c2)cc1)c1ccccc1. The van der Waals surface area contributed by atoms with Gasteiger partial charge in [-0.1, -0.05) is 71.7 Å². The topological polar surface area (TPSA) is 46.5 Å². The molecule has 0 fully saturated rings. The summed E-state index contributed by atoms with van der Waals surface area (Å²) in [7, 11) is 0. The number of benzene rings is 3. The number of carboxylic acids is 1. The van der Waals surface area contributed by atoms with Gasteiger partial charge in [0.2, 0.25) is 0 Å². The molecule has 0 unspecified atom stereocenters. The summed E-state index contributed by atoms with van der Waals surface area (Å²) in [6, 6.07) is 21.6. The van der Waals surface area contributed by atoms with Crippen molar-refractivity contribution < 1.29 is 14.6 Å². The zero-order valence-electron chi connectivity index (χ0n) is 14.2. The molecule has 27 heavy (non-hydrogen) atoms. The average molecular weight is 399 g/mol. The number of hydrogen-bond donors (Lipinski definition) is 1. The molecule has 5 heteroatoms. The van der Waals surface area contributed by atoms with E-state index >= 15 is 0 Å². The lowest BCUT2D eigenvalue weighted by atomic mass is 10.0. The minimum absolute atomic E-state index is 0.236. The molecule has 0 bridgehead atoms. The van der Waals surface area contributed by atoms with Crippen molar-refractivity contribution >= 4 is 40.8 Å². The maximum Gasteiger partial charge on any atom is 0.336 e. The van der Waals surface area contributed by atoms with Gasteiger partial charge in [-0.15, -0.1) is 0 Å². The van der Waals surface area contributed by atoms with Crippen LogP contribution in [0.4, 0.5) is 0 Å². The largest absolute Gasteiger partial charge is 0.489 e. The number of hydrogen-bond acceptors (Lipinski definition) is 2. The fourth-order valence-corrected chi connectivity index (χ4v) is 2.83. The molecule has 0 saturated carbocycles. The van der Waals surface area contributed by atoms with Crippen molar-refractivity contribution in [2.24, 2.45) is 0 Å². The van der Waals surface area contributed by atoms with Gasteiger partial charge in [-0.05, 0) is 47.0 Å². The molecule has 0 aliphatic carbocycles. The Labute approximate surface area is 167 Å². The zero-order chi connectivity index (χ0) is 19.2. The molecule has 1 N–H and O–H groups in total. The lowest BCUT2D eigenvalue weighted by Gasteiger charge is -2.08. The highest BCUT2D eigenvalue weighted by atomic mass is 35.5. The summed E-state index contributed by atoms with van der Waals surface area (Å²) in [5.74, 6) is -0.295. The van der Waals surface area contributed by atoms with Crippen molar-refractivity contribution in [2.75, 3.05) is 0 Å². The predicted molar refractivity (Wildman–Crippen MR) is 109 cm³/mol. The first kappa shape index (κ1) is 19.0. The third-order valence-electron chi connectivity index (χ3n) is 3.90. The van der Waals surface area contributed by atoms with Gasteiger partial charge in [-0.25, -0.2) is 4.79 Å². The van der Waals surface area contributed by atoms with Crippen LogP contribution < -0.4 is 4.74 Å². The van der Waals surface area contributed by atoms with E-state index in [-0.39, 0.29) is 5.57 Å². The molecule has 3 rings (SSSR count). The first-order chi connectivity index (χ1) is 13.0. The van der Waals surface area contributed by atoms with Crippen molar-refractivity contribution in [3.8, 4) is 5.75 Å². The first-order valence-corrected chi connectivity index (χ1v) is 8.96. The van der Waals surface area contributed by atoms with Gasteiger partial charge in [0.1, 0.15) is 12.4 Å². The fraction of sp³-hybridized carbons (Fsp3) is 0.0455. The van der Waals surface area contributed by atoms with Crippen LogP contribution in [0.3, 0.4) is 0 Å². The van der Waals surface area contributed by atoms with Crippen LogP contribution >= 0.6 is 23.2 Å². The minimum atomic E-state index is -0.971. The summed E-state index contributed by atoms with van der Waals surface area (Å²) in [5, 5.41) is 10.5. The summed E-state index contributed by atoms with van der Waals surface area (Å²) in [4.78, 5) is 11.6. The van der Waals surface area contributed by atoms with E-state index < -0.39 is 5.97 Å². The van der Waals surface area contributed by atoms with E-state index in [1.54, 1.807) is 42.5 Å². The molecule has 3 aromatic carbocycles. The molecule has 0 saturated heterocycles. The Bertz CT molecular complexity index is 965. The number of rotatable bonds is 6. The molecule has 3 nitrogen and oxygen atoms in total. The molecule has 0 aliphatic heterocycles. The van der Waals surface area contributed by atoms with E-state index in [9.17, 15) is 9.90 Å². The predicted octanol–water partition coefficient (Wildman–Crippen LogP) is 6.20. The normalized spacial score (nSPS) is 11.3. The van der Waals surface area contributed by atoms with Crippen molar-refractivity contribution in [2.45, 2.75) is 6.61 Å². The molecule has 0 aliphatic rings. The number of aliphatic carboxylic acids is 1. The number of carbonyl (C=O) groups is 1. The molecule has 0 atom stereocenters. The van der Waals surface area contributed by atoms with Crippen LogP contribution in [0.25, 0.3) is 11.6 Å². The second-order valence-electron chi connectivity index (χ2n) is 5.84. The van der Waals surface area contributed by atoms with Crippen LogP contribution in [0.15, 0.2) is 72.8 Å². The van der Waals surface area contributed by atoms with Gasteiger partial charge in [0.15, 0.2) is 0 Å². The van der Waals surface area contributed by atoms with Gasteiger partial charge in [-0.2, -0.15) is 0 Å². The van der Waals surface area contributed by atoms with E-state index in [0.717, 1.165) is 11.1 Å². The van der Waals surface area contributed by atoms with Crippen molar-refractivity contribution in [1.29, 1.82) is 0 Å². The maximum atomic E-state index is 11.6. The molecule has 0 spiro atoms. The molecular weight excluding hydrogens is 383 g/mol. The van der Waals surface area contributed by atoms with E-state index in [1.807, 2.05) is 36.4 Å². The molecular formula is C22H16Cl2O3. The van der Waals surface area contributed by atoms with Crippen molar-refractivity contribution in [3.63, 3.8) is 0 Å². The summed E-state index contributed by atoms with van der Waals surface area (Å²) in [5.41, 5.74) is 2.58. The fourth-order valence-electron chi connectivity index (χ4n) is 2.51. The summed E-state index contributed by atoms with van der Waals surface area (Å²) in [6.45, 7) is 0.358. The smallest absolute Gasteiger partial charge is 0.336 e. The average Bonchev–Trinajstić information content (AvgIpc) is 2.68. The standard InChI is InChI=1S/C22H16Cl2O3/c23-20-11-8-16(13-21(20)24)14-27-18-9-6-15(7-10-18)12-19(22(25)26)17-4-2-1-3-5-17/h1-13H,14H2,(H,25,26). The van der Waals surface area contributed by atoms with Crippen LogP contribution in [0.5, 0.6) is 5.75 Å². The lowest BCUT2D eigenvalue weighted by Crippen LogP contribution is -1.99. The molecule has 0 radical (unpaired) electrons. The molecule has 3 aromatic rings.